The molecule has 1 N–H and O–H groups in total. The first-order valence-electron chi connectivity index (χ1n) is 6.49. The first-order valence-corrected chi connectivity index (χ1v) is 6.49. The average molecular weight is 281 g/mol. The molecule has 112 valence electrons. The fraction of sp³-hybridized carbons (Fsp3) is 0.533. The lowest BCUT2D eigenvalue weighted by atomic mass is 10.1. The first kappa shape index (κ1) is 16.5. The number of hydrogen-bond acceptors (Lipinski definition) is 4. The lowest BCUT2D eigenvalue weighted by Crippen LogP contribution is -2.46. The summed E-state index contributed by atoms with van der Waals surface area (Å²) in [5.41, 5.74) is 0.559. The largest absolute Gasteiger partial charge is 0.484 e. The summed E-state index contributed by atoms with van der Waals surface area (Å²) >= 11 is 0. The molecule has 1 aromatic carbocycles. The molecule has 5 heteroatoms. The number of aryl methyl sites for hydroxylation is 1. The molecular weight excluding hydrogens is 258 g/mol. The molecule has 1 unspecified atom stereocenters. The van der Waals surface area contributed by atoms with E-state index in [0.29, 0.717) is 18.9 Å². The molecule has 20 heavy (non-hydrogen) atoms. The quantitative estimate of drug-likeness (QED) is 0.785. The SMILES string of the molecule is COCC(C)(CNC(=O)COc1cccc(C)c1)OC. The highest BCUT2D eigenvalue weighted by Crippen LogP contribution is 2.12. The summed E-state index contributed by atoms with van der Waals surface area (Å²) in [6.07, 6.45) is 0. The molecule has 0 aliphatic heterocycles. The zero-order valence-corrected chi connectivity index (χ0v) is 12.6. The standard InChI is InChI=1S/C15H23NO4/c1-12-6-5-7-13(8-12)20-9-14(17)16-10-15(2,19-4)11-18-3/h5-8H,9-11H2,1-4H3,(H,16,17). The highest BCUT2D eigenvalue weighted by molar-refractivity contribution is 5.77. The number of rotatable bonds is 8. The van der Waals surface area contributed by atoms with Crippen LogP contribution in [-0.4, -0.2) is 45.5 Å². The van der Waals surface area contributed by atoms with Crippen LogP contribution in [0.3, 0.4) is 0 Å². The Bertz CT molecular complexity index is 436. The van der Waals surface area contributed by atoms with E-state index >= 15 is 0 Å². The number of ether oxygens (including phenoxy) is 3. The summed E-state index contributed by atoms with van der Waals surface area (Å²) in [4.78, 5) is 11.7. The maximum atomic E-state index is 11.7. The maximum Gasteiger partial charge on any atom is 0.258 e. The van der Waals surface area contributed by atoms with Gasteiger partial charge in [-0.05, 0) is 31.5 Å². The van der Waals surface area contributed by atoms with E-state index in [0.717, 1.165) is 5.56 Å². The summed E-state index contributed by atoms with van der Waals surface area (Å²) < 4.78 is 15.8. The van der Waals surface area contributed by atoms with Gasteiger partial charge in [-0.2, -0.15) is 0 Å². The van der Waals surface area contributed by atoms with E-state index in [-0.39, 0.29) is 12.5 Å². The van der Waals surface area contributed by atoms with E-state index in [1.165, 1.54) is 0 Å². The molecule has 0 radical (unpaired) electrons. The van der Waals surface area contributed by atoms with Crippen molar-refractivity contribution in [3.63, 3.8) is 0 Å². The van der Waals surface area contributed by atoms with E-state index in [2.05, 4.69) is 5.32 Å². The van der Waals surface area contributed by atoms with Gasteiger partial charge in [0.15, 0.2) is 6.61 Å². The van der Waals surface area contributed by atoms with Crippen molar-refractivity contribution in [3.05, 3.63) is 29.8 Å². The van der Waals surface area contributed by atoms with Crippen LogP contribution in [-0.2, 0) is 14.3 Å². The molecule has 0 saturated carbocycles. The summed E-state index contributed by atoms with van der Waals surface area (Å²) in [6.45, 7) is 4.60. The summed E-state index contributed by atoms with van der Waals surface area (Å²) in [5.74, 6) is 0.498. The van der Waals surface area contributed by atoms with Gasteiger partial charge in [0.1, 0.15) is 11.4 Å². The summed E-state index contributed by atoms with van der Waals surface area (Å²) in [5, 5.41) is 2.77. The van der Waals surface area contributed by atoms with Gasteiger partial charge in [0.2, 0.25) is 0 Å². The minimum atomic E-state index is -0.534. The molecule has 5 nitrogen and oxygen atoms in total. The molecule has 0 bridgehead atoms. The van der Waals surface area contributed by atoms with Gasteiger partial charge in [0.25, 0.3) is 5.91 Å². The van der Waals surface area contributed by atoms with Gasteiger partial charge in [-0.1, -0.05) is 12.1 Å². The third kappa shape index (κ3) is 5.59. The van der Waals surface area contributed by atoms with Crippen molar-refractivity contribution in [2.45, 2.75) is 19.4 Å². The molecular formula is C15H23NO4. The van der Waals surface area contributed by atoms with E-state index < -0.39 is 5.60 Å². The van der Waals surface area contributed by atoms with Crippen LogP contribution in [0.1, 0.15) is 12.5 Å². The third-order valence-corrected chi connectivity index (χ3v) is 2.96. The Balaban J connectivity index is 2.37. The number of nitrogens with one attached hydrogen (secondary N) is 1. The predicted molar refractivity (Wildman–Crippen MR) is 77.0 cm³/mol. The topological polar surface area (TPSA) is 56.8 Å². The predicted octanol–water partition coefficient (Wildman–Crippen LogP) is 1.54. The van der Waals surface area contributed by atoms with E-state index in [4.69, 9.17) is 14.2 Å². The normalized spacial score (nSPS) is 13.6. The highest BCUT2D eigenvalue weighted by atomic mass is 16.5. The van der Waals surface area contributed by atoms with Gasteiger partial charge >= 0.3 is 0 Å². The van der Waals surface area contributed by atoms with E-state index in [1.807, 2.05) is 38.1 Å². The zero-order valence-electron chi connectivity index (χ0n) is 12.6. The molecule has 0 heterocycles. The molecule has 1 amide bonds. The third-order valence-electron chi connectivity index (χ3n) is 2.96. The van der Waals surface area contributed by atoms with Crippen molar-refractivity contribution in [3.8, 4) is 5.75 Å². The van der Waals surface area contributed by atoms with Crippen LogP contribution in [0.5, 0.6) is 5.75 Å². The smallest absolute Gasteiger partial charge is 0.258 e. The van der Waals surface area contributed by atoms with Crippen molar-refractivity contribution in [2.24, 2.45) is 0 Å². The molecule has 1 aromatic rings. The van der Waals surface area contributed by atoms with E-state index in [9.17, 15) is 4.79 Å². The summed E-state index contributed by atoms with van der Waals surface area (Å²) in [6, 6.07) is 7.58. The van der Waals surface area contributed by atoms with Gasteiger partial charge in [0, 0.05) is 20.8 Å². The van der Waals surface area contributed by atoms with Crippen LogP contribution in [0.2, 0.25) is 0 Å². The fourth-order valence-corrected chi connectivity index (χ4v) is 1.68. The second kappa shape index (κ2) is 7.87. The number of benzene rings is 1. The van der Waals surface area contributed by atoms with Crippen molar-refractivity contribution in [2.75, 3.05) is 34.0 Å². The molecule has 1 rings (SSSR count). The number of amides is 1. The van der Waals surface area contributed by atoms with Crippen molar-refractivity contribution >= 4 is 5.91 Å². The van der Waals surface area contributed by atoms with Crippen LogP contribution in [0.25, 0.3) is 0 Å². The van der Waals surface area contributed by atoms with Crippen LogP contribution in [0, 0.1) is 6.92 Å². The second-order valence-electron chi connectivity index (χ2n) is 4.97. The number of hydrogen-bond donors (Lipinski definition) is 1. The second-order valence-corrected chi connectivity index (χ2v) is 4.97. The first-order chi connectivity index (χ1) is 9.49. The van der Waals surface area contributed by atoms with Crippen LogP contribution in [0.4, 0.5) is 0 Å². The van der Waals surface area contributed by atoms with Crippen molar-refractivity contribution < 1.29 is 19.0 Å². The van der Waals surface area contributed by atoms with Crippen LogP contribution < -0.4 is 10.1 Å². The Labute approximate surface area is 120 Å². The molecule has 0 saturated heterocycles. The molecule has 0 aliphatic carbocycles. The number of carbonyl (C=O) groups is 1. The maximum absolute atomic E-state index is 11.7. The van der Waals surface area contributed by atoms with E-state index in [1.54, 1.807) is 14.2 Å². The lowest BCUT2D eigenvalue weighted by molar-refractivity contribution is -0.125. The molecule has 0 spiro atoms. The molecule has 0 fully saturated rings. The summed E-state index contributed by atoms with van der Waals surface area (Å²) in [7, 11) is 3.19. The van der Waals surface area contributed by atoms with Gasteiger partial charge in [-0.25, -0.2) is 0 Å². The molecule has 0 aromatic heterocycles. The molecule has 1 atom stereocenters. The molecule has 0 aliphatic rings. The van der Waals surface area contributed by atoms with Gasteiger partial charge < -0.3 is 19.5 Å². The lowest BCUT2D eigenvalue weighted by Gasteiger charge is -2.27. The Hall–Kier alpha value is -1.59. The van der Waals surface area contributed by atoms with Crippen molar-refractivity contribution in [1.29, 1.82) is 0 Å². The van der Waals surface area contributed by atoms with Crippen LogP contribution in [0.15, 0.2) is 24.3 Å². The Morgan fingerprint density at radius 1 is 1.35 bits per heavy atom. The monoisotopic (exact) mass is 281 g/mol. The minimum Gasteiger partial charge on any atom is -0.484 e. The van der Waals surface area contributed by atoms with Crippen molar-refractivity contribution in [1.82, 2.24) is 5.32 Å². The average Bonchev–Trinajstić information content (AvgIpc) is 2.43. The number of carbonyl (C=O) groups excluding carboxylic acids is 1. The Morgan fingerprint density at radius 2 is 2.10 bits per heavy atom. The highest BCUT2D eigenvalue weighted by Gasteiger charge is 2.24. The Kier molecular flexibility index (Phi) is 6.48. The van der Waals surface area contributed by atoms with Gasteiger partial charge in [0.05, 0.1) is 6.61 Å². The zero-order chi connectivity index (χ0) is 15.0. The fourth-order valence-electron chi connectivity index (χ4n) is 1.68. The van der Waals surface area contributed by atoms with Gasteiger partial charge in [-0.15, -0.1) is 0 Å². The minimum absolute atomic E-state index is 0.0176. The van der Waals surface area contributed by atoms with Crippen LogP contribution >= 0.6 is 0 Å². The Morgan fingerprint density at radius 3 is 2.70 bits per heavy atom. The number of methoxy groups -OCH3 is 2. The van der Waals surface area contributed by atoms with Gasteiger partial charge in [-0.3, -0.25) is 4.79 Å².